The average Bonchev–Trinajstić information content (AvgIpc) is 2.53. The number of hydrogen-bond donors (Lipinski definition) is 3. The number of nitrogens with zero attached hydrogens (tertiary/aromatic N) is 2. The molecule has 7 nitrogen and oxygen atoms in total. The van der Waals surface area contributed by atoms with Crippen molar-refractivity contribution in [3.05, 3.63) is 35.3 Å². The first kappa shape index (κ1) is 18.8. The average molecular weight is 355 g/mol. The van der Waals surface area contributed by atoms with Crippen LogP contribution in [0.4, 0.5) is 5.69 Å². The summed E-state index contributed by atoms with van der Waals surface area (Å²) in [6.45, 7) is 0. The third-order valence-electron chi connectivity index (χ3n) is 2.71. The van der Waals surface area contributed by atoms with E-state index in [2.05, 4.69) is 15.6 Å². The van der Waals surface area contributed by atoms with Gasteiger partial charge in [0, 0.05) is 12.4 Å². The van der Waals surface area contributed by atoms with E-state index in [0.29, 0.717) is 11.4 Å². The highest BCUT2D eigenvalue weighted by molar-refractivity contribution is 7.98. The molecular formula is C14H15ClN4O3S. The number of halogens is 1. The van der Waals surface area contributed by atoms with Crippen LogP contribution in [0.2, 0.25) is 5.15 Å². The van der Waals surface area contributed by atoms with Gasteiger partial charge < -0.3 is 15.7 Å². The zero-order chi connectivity index (χ0) is 17.2. The van der Waals surface area contributed by atoms with Crippen molar-refractivity contribution in [3.63, 3.8) is 0 Å². The molecule has 1 heterocycles. The number of aromatic nitrogens is 1. The van der Waals surface area contributed by atoms with E-state index in [0.717, 1.165) is 6.20 Å². The highest BCUT2D eigenvalue weighted by Crippen LogP contribution is 2.17. The quantitative estimate of drug-likeness (QED) is 0.371. The molecule has 0 saturated heterocycles. The van der Waals surface area contributed by atoms with E-state index in [-0.39, 0.29) is 17.1 Å². The van der Waals surface area contributed by atoms with E-state index in [1.807, 2.05) is 6.26 Å². The van der Waals surface area contributed by atoms with Crippen molar-refractivity contribution in [3.8, 4) is 6.07 Å². The summed E-state index contributed by atoms with van der Waals surface area (Å²) in [4.78, 5) is 26.9. The molecule has 0 bridgehead atoms. The second-order valence-corrected chi connectivity index (χ2v) is 5.65. The van der Waals surface area contributed by atoms with Crippen molar-refractivity contribution in [2.24, 2.45) is 0 Å². The molecule has 9 heteroatoms. The predicted octanol–water partition coefficient (Wildman–Crippen LogP) is 1.88. The fourth-order valence-corrected chi connectivity index (χ4v) is 2.17. The number of nitrogens with one attached hydrogen (secondary N) is 2. The molecular weight excluding hydrogens is 340 g/mol. The molecule has 0 spiro atoms. The third kappa shape index (κ3) is 6.18. The van der Waals surface area contributed by atoms with Gasteiger partial charge in [-0.25, -0.2) is 9.78 Å². The van der Waals surface area contributed by atoms with Crippen LogP contribution in [0.3, 0.4) is 0 Å². The highest BCUT2D eigenvalue weighted by atomic mass is 35.5. The summed E-state index contributed by atoms with van der Waals surface area (Å²) in [6.07, 6.45) is 4.76. The Hall–Kier alpha value is -2.24. The van der Waals surface area contributed by atoms with Gasteiger partial charge in [0.15, 0.2) is 5.15 Å². The van der Waals surface area contributed by atoms with E-state index < -0.39 is 17.9 Å². The third-order valence-corrected chi connectivity index (χ3v) is 3.66. The molecule has 1 aromatic rings. The molecule has 1 rings (SSSR count). The summed E-state index contributed by atoms with van der Waals surface area (Å²) >= 11 is 7.32. The largest absolute Gasteiger partial charge is 0.480 e. The number of anilines is 1. The Kier molecular flexibility index (Phi) is 7.94. The molecule has 3 N–H and O–H groups in total. The zero-order valence-corrected chi connectivity index (χ0v) is 13.8. The number of pyridine rings is 1. The Morgan fingerprint density at radius 3 is 2.91 bits per heavy atom. The van der Waals surface area contributed by atoms with Gasteiger partial charge in [-0.2, -0.15) is 17.0 Å². The van der Waals surface area contributed by atoms with Gasteiger partial charge >= 0.3 is 5.97 Å². The maximum absolute atomic E-state index is 12.0. The maximum atomic E-state index is 12.0. The predicted molar refractivity (Wildman–Crippen MR) is 89.1 cm³/mol. The molecule has 0 aliphatic rings. The molecule has 0 aromatic carbocycles. The number of aliphatic carboxylic acids is 1. The zero-order valence-electron chi connectivity index (χ0n) is 12.2. The Bertz CT molecular complexity index is 645. The monoisotopic (exact) mass is 354 g/mol. The Labute approximate surface area is 142 Å². The van der Waals surface area contributed by atoms with Gasteiger partial charge in [-0.3, -0.25) is 4.79 Å². The summed E-state index contributed by atoms with van der Waals surface area (Å²) in [7, 11) is 0. The van der Waals surface area contributed by atoms with Crippen LogP contribution in [0.5, 0.6) is 0 Å². The van der Waals surface area contributed by atoms with Crippen molar-refractivity contribution < 1.29 is 14.7 Å². The van der Waals surface area contributed by atoms with Crippen molar-refractivity contribution in [1.82, 2.24) is 10.3 Å². The molecule has 122 valence electrons. The fraction of sp³-hybridized carbons (Fsp3) is 0.286. The molecule has 23 heavy (non-hydrogen) atoms. The Morgan fingerprint density at radius 1 is 1.61 bits per heavy atom. The fourth-order valence-electron chi connectivity index (χ4n) is 1.52. The number of carboxylic acid groups (broad SMARTS) is 1. The lowest BCUT2D eigenvalue weighted by atomic mass is 10.2. The Balaban J connectivity index is 2.78. The van der Waals surface area contributed by atoms with Crippen LogP contribution in [0.25, 0.3) is 0 Å². The molecule has 0 saturated carbocycles. The summed E-state index contributed by atoms with van der Waals surface area (Å²) in [5.74, 6) is -1.34. The van der Waals surface area contributed by atoms with Gasteiger partial charge in [-0.1, -0.05) is 11.6 Å². The number of carboxylic acids is 1. The van der Waals surface area contributed by atoms with Gasteiger partial charge in [0.2, 0.25) is 0 Å². The smallest absolute Gasteiger partial charge is 0.326 e. The van der Waals surface area contributed by atoms with E-state index in [1.165, 1.54) is 18.0 Å². The van der Waals surface area contributed by atoms with Gasteiger partial charge in [-0.05, 0) is 30.6 Å². The first-order valence-electron chi connectivity index (χ1n) is 6.49. The van der Waals surface area contributed by atoms with E-state index in [4.69, 9.17) is 22.0 Å². The topological polar surface area (TPSA) is 115 Å². The van der Waals surface area contributed by atoms with Crippen LogP contribution in [-0.2, 0) is 9.59 Å². The van der Waals surface area contributed by atoms with Gasteiger partial charge in [-0.15, -0.1) is 0 Å². The molecule has 1 unspecified atom stereocenters. The minimum absolute atomic E-state index is 0.185. The van der Waals surface area contributed by atoms with Crippen LogP contribution >= 0.6 is 23.4 Å². The highest BCUT2D eigenvalue weighted by Gasteiger charge is 2.21. The number of nitriles is 1. The van der Waals surface area contributed by atoms with Crippen LogP contribution in [0.15, 0.2) is 30.1 Å². The second kappa shape index (κ2) is 9.71. The van der Waals surface area contributed by atoms with Crippen LogP contribution in [0.1, 0.15) is 6.42 Å². The minimum Gasteiger partial charge on any atom is -0.480 e. The summed E-state index contributed by atoms with van der Waals surface area (Å²) < 4.78 is 0. The molecule has 0 aliphatic carbocycles. The number of hydrogen-bond acceptors (Lipinski definition) is 6. The van der Waals surface area contributed by atoms with Crippen molar-refractivity contribution >= 4 is 40.9 Å². The van der Waals surface area contributed by atoms with Crippen molar-refractivity contribution in [1.29, 1.82) is 5.26 Å². The lowest BCUT2D eigenvalue weighted by Crippen LogP contribution is -2.41. The number of carbonyl (C=O) groups excluding carboxylic acids is 1. The second-order valence-electron chi connectivity index (χ2n) is 4.30. The standard InChI is InChI=1S/C14H15ClN4O3S/c1-23-6-4-11(14(21)22)19-13(20)9(7-16)8-18-10-3-2-5-17-12(10)15/h2-3,5,8,11,18H,4,6H2,1H3,(H,19,20)(H,21,22)/b9-8-. The lowest BCUT2D eigenvalue weighted by Gasteiger charge is -2.13. The molecule has 1 amide bonds. The summed E-state index contributed by atoms with van der Waals surface area (Å²) in [5.41, 5.74) is 0.159. The number of rotatable bonds is 8. The van der Waals surface area contributed by atoms with E-state index in [9.17, 15) is 9.59 Å². The van der Waals surface area contributed by atoms with Crippen molar-refractivity contribution in [2.75, 3.05) is 17.3 Å². The summed E-state index contributed by atoms with van der Waals surface area (Å²) in [6, 6.07) is 3.93. The van der Waals surface area contributed by atoms with Crippen LogP contribution < -0.4 is 10.6 Å². The molecule has 1 atom stereocenters. The first-order valence-corrected chi connectivity index (χ1v) is 8.26. The maximum Gasteiger partial charge on any atom is 0.326 e. The van der Waals surface area contributed by atoms with E-state index >= 15 is 0 Å². The number of amides is 1. The van der Waals surface area contributed by atoms with Crippen molar-refractivity contribution in [2.45, 2.75) is 12.5 Å². The van der Waals surface area contributed by atoms with E-state index in [1.54, 1.807) is 18.2 Å². The SMILES string of the molecule is CSCCC(NC(=O)/C(C#N)=C\Nc1cccnc1Cl)C(=O)O. The summed E-state index contributed by atoms with van der Waals surface area (Å²) in [5, 5.41) is 23.3. The minimum atomic E-state index is -1.15. The molecule has 0 radical (unpaired) electrons. The van der Waals surface area contributed by atoms with Gasteiger partial charge in [0.25, 0.3) is 5.91 Å². The normalized spacial score (nSPS) is 12.1. The molecule has 0 fully saturated rings. The first-order chi connectivity index (χ1) is 11.0. The lowest BCUT2D eigenvalue weighted by molar-refractivity contribution is -0.141. The molecule has 1 aromatic heterocycles. The van der Waals surface area contributed by atoms with Gasteiger partial charge in [0.1, 0.15) is 17.7 Å². The van der Waals surface area contributed by atoms with Gasteiger partial charge in [0.05, 0.1) is 5.69 Å². The van der Waals surface area contributed by atoms with Crippen LogP contribution in [-0.4, -0.2) is 40.0 Å². The van der Waals surface area contributed by atoms with Crippen LogP contribution in [0, 0.1) is 11.3 Å². The Morgan fingerprint density at radius 2 is 2.35 bits per heavy atom. The number of thioether (sulfide) groups is 1. The number of carbonyl (C=O) groups is 2. The molecule has 0 aliphatic heterocycles.